The minimum atomic E-state index is -5.69. The summed E-state index contributed by atoms with van der Waals surface area (Å²) in [6.07, 6.45) is -7.28. The first-order chi connectivity index (χ1) is 8.62. The van der Waals surface area contributed by atoms with Crippen LogP contribution in [-0.2, 0) is 0 Å². The molecule has 0 heterocycles. The number of ether oxygens (including phenoxy) is 1. The van der Waals surface area contributed by atoms with Gasteiger partial charge in [0.25, 0.3) is 0 Å². The van der Waals surface area contributed by atoms with Crippen LogP contribution in [0.3, 0.4) is 0 Å². The van der Waals surface area contributed by atoms with Crippen molar-refractivity contribution in [2.45, 2.75) is 12.1 Å². The van der Waals surface area contributed by atoms with Crippen molar-refractivity contribution in [2.24, 2.45) is 0 Å². The minimum Gasteiger partial charge on any atom is -0.530 e. The number of hydrogen-bond donors (Lipinski definition) is 1. The highest BCUT2D eigenvalue weighted by atomic mass is 19.4. The third-order valence-electron chi connectivity index (χ3n) is 1.94. The van der Waals surface area contributed by atoms with Gasteiger partial charge in [-0.25, -0.2) is 0 Å². The van der Waals surface area contributed by atoms with Crippen LogP contribution in [0.4, 0.5) is 32.4 Å². The fourth-order valence-electron chi connectivity index (χ4n) is 1.01. The first-order valence-electron chi connectivity index (χ1n) is 4.77. The summed E-state index contributed by atoms with van der Waals surface area (Å²) in [5, 5.41) is 12.0. The van der Waals surface area contributed by atoms with E-state index in [9.17, 15) is 31.9 Å². The average Bonchev–Trinajstić information content (AvgIpc) is 2.26. The van der Waals surface area contributed by atoms with Gasteiger partial charge in [0.1, 0.15) is 11.8 Å². The number of halogens is 5. The van der Waals surface area contributed by atoms with Crippen molar-refractivity contribution < 1.29 is 36.6 Å². The van der Waals surface area contributed by atoms with Crippen LogP contribution >= 0.6 is 0 Å². The summed E-state index contributed by atoms with van der Waals surface area (Å²) >= 11 is 0. The fraction of sp³-hybridized carbons (Fsp3) is 0.300. The Kier molecular flexibility index (Phi) is 4.17. The topological polar surface area (TPSA) is 61.4 Å². The molecule has 0 saturated carbocycles. The third-order valence-corrected chi connectivity index (χ3v) is 1.94. The molecule has 0 unspecified atom stereocenters. The fourth-order valence-corrected chi connectivity index (χ4v) is 1.01. The van der Waals surface area contributed by atoms with Gasteiger partial charge in [0.2, 0.25) is 0 Å². The number of anilines is 1. The predicted molar refractivity (Wildman–Crippen MR) is 52.0 cm³/mol. The lowest BCUT2D eigenvalue weighted by Crippen LogP contribution is -2.41. The molecule has 0 radical (unpaired) electrons. The number of carbonyl (C=O) groups excluding carboxylic acids is 1. The number of hydrogen-bond acceptors (Lipinski definition) is 3. The molecule has 0 spiro atoms. The predicted octanol–water partition coefficient (Wildman–Crippen LogP) is 2.02. The molecule has 19 heavy (non-hydrogen) atoms. The van der Waals surface area contributed by atoms with Crippen LogP contribution in [0.5, 0.6) is 5.75 Å². The van der Waals surface area contributed by atoms with Gasteiger partial charge < -0.3 is 20.0 Å². The van der Waals surface area contributed by atoms with E-state index in [1.807, 2.05) is 5.32 Å². The largest absolute Gasteiger partial charge is 0.530 e. The maximum absolute atomic E-state index is 12.5. The van der Waals surface area contributed by atoms with Crippen molar-refractivity contribution in [3.05, 3.63) is 24.3 Å². The van der Waals surface area contributed by atoms with Crippen molar-refractivity contribution in [3.8, 4) is 5.75 Å². The van der Waals surface area contributed by atoms with Crippen LogP contribution in [0.25, 0.3) is 0 Å². The van der Waals surface area contributed by atoms with Gasteiger partial charge in [-0.2, -0.15) is 22.0 Å². The van der Waals surface area contributed by atoms with Crippen LogP contribution < -0.4 is 15.2 Å². The second kappa shape index (κ2) is 5.29. The highest BCUT2D eigenvalue weighted by Crippen LogP contribution is 2.35. The van der Waals surface area contributed by atoms with E-state index in [-0.39, 0.29) is 11.4 Å². The van der Waals surface area contributed by atoms with Crippen LogP contribution in [0.15, 0.2) is 24.3 Å². The summed E-state index contributed by atoms with van der Waals surface area (Å²) in [6, 6.07) is 4.32. The van der Waals surface area contributed by atoms with E-state index < -0.39 is 24.8 Å². The molecule has 106 valence electrons. The number of nitrogens with one attached hydrogen (secondary N) is 1. The Morgan fingerprint density at radius 2 is 1.68 bits per heavy atom. The summed E-state index contributed by atoms with van der Waals surface area (Å²) in [7, 11) is 0. The lowest BCUT2D eigenvalue weighted by molar-refractivity contribution is -0.290. The molecular weight excluding hydrogens is 277 g/mol. The molecule has 0 aliphatic heterocycles. The highest BCUT2D eigenvalue weighted by Gasteiger charge is 2.58. The molecule has 4 nitrogen and oxygen atoms in total. The van der Waals surface area contributed by atoms with Crippen LogP contribution in [-0.4, -0.2) is 24.8 Å². The number of rotatable bonds is 4. The Labute approximate surface area is 103 Å². The second-order valence-electron chi connectivity index (χ2n) is 3.43. The standard InChI is InChI=1S/C10H8F5NO3/c11-9(12,10(13,14)15)5-19-7-3-1-6(2-4-7)16-8(17)18/h1-4,16H,5H2,(H,17,18)/p-1. The summed E-state index contributed by atoms with van der Waals surface area (Å²) in [5.74, 6) is -5.22. The highest BCUT2D eigenvalue weighted by molar-refractivity contribution is 5.81. The van der Waals surface area contributed by atoms with Crippen molar-refractivity contribution in [1.82, 2.24) is 0 Å². The number of amides is 1. The summed E-state index contributed by atoms with van der Waals surface area (Å²) in [5.41, 5.74) is 0.0648. The lowest BCUT2D eigenvalue weighted by Gasteiger charge is -2.19. The number of benzene rings is 1. The van der Waals surface area contributed by atoms with Crippen molar-refractivity contribution >= 4 is 11.8 Å². The number of alkyl halides is 5. The zero-order valence-electron chi connectivity index (χ0n) is 9.13. The van der Waals surface area contributed by atoms with Gasteiger partial charge in [0.05, 0.1) is 0 Å². The van der Waals surface area contributed by atoms with Gasteiger partial charge in [-0.3, -0.25) is 0 Å². The maximum atomic E-state index is 12.5. The molecule has 0 fully saturated rings. The Morgan fingerprint density at radius 1 is 1.16 bits per heavy atom. The monoisotopic (exact) mass is 284 g/mol. The normalized spacial score (nSPS) is 12.1. The molecule has 0 atom stereocenters. The van der Waals surface area contributed by atoms with Crippen molar-refractivity contribution in [3.63, 3.8) is 0 Å². The molecule has 1 aromatic rings. The van der Waals surface area contributed by atoms with E-state index in [0.29, 0.717) is 0 Å². The second-order valence-corrected chi connectivity index (χ2v) is 3.43. The zero-order valence-corrected chi connectivity index (χ0v) is 9.13. The van der Waals surface area contributed by atoms with E-state index in [0.717, 1.165) is 24.3 Å². The third kappa shape index (κ3) is 4.27. The van der Waals surface area contributed by atoms with Crippen LogP contribution in [0, 0.1) is 0 Å². The molecular formula is C10H7F5NO3-. The van der Waals surface area contributed by atoms with Gasteiger partial charge in [-0.1, -0.05) is 0 Å². The molecule has 1 rings (SSSR count). The molecule has 1 aromatic carbocycles. The van der Waals surface area contributed by atoms with E-state index in [1.165, 1.54) is 0 Å². The molecule has 0 aliphatic rings. The first-order valence-corrected chi connectivity index (χ1v) is 4.77. The molecule has 0 aromatic heterocycles. The van der Waals surface area contributed by atoms with Gasteiger partial charge >= 0.3 is 12.1 Å². The number of carboxylic acid groups (broad SMARTS) is 1. The number of carbonyl (C=O) groups is 1. The molecule has 0 bridgehead atoms. The Morgan fingerprint density at radius 3 is 2.11 bits per heavy atom. The quantitative estimate of drug-likeness (QED) is 0.860. The van der Waals surface area contributed by atoms with Gasteiger partial charge in [0, 0.05) is 5.69 Å². The average molecular weight is 284 g/mol. The van der Waals surface area contributed by atoms with Gasteiger partial charge in [-0.05, 0) is 24.3 Å². The SMILES string of the molecule is O=C([O-])Nc1ccc(OCC(F)(F)C(F)(F)F)cc1. The maximum Gasteiger partial charge on any atom is 0.456 e. The van der Waals surface area contributed by atoms with Gasteiger partial charge in [-0.15, -0.1) is 0 Å². The van der Waals surface area contributed by atoms with E-state index in [2.05, 4.69) is 4.74 Å². The van der Waals surface area contributed by atoms with Gasteiger partial charge in [0.15, 0.2) is 6.61 Å². The first kappa shape index (κ1) is 15.0. The smallest absolute Gasteiger partial charge is 0.456 e. The summed E-state index contributed by atoms with van der Waals surface area (Å²) < 4.78 is 64.8. The summed E-state index contributed by atoms with van der Waals surface area (Å²) in [4.78, 5) is 10.1. The molecule has 0 aliphatic carbocycles. The van der Waals surface area contributed by atoms with E-state index in [1.54, 1.807) is 0 Å². The van der Waals surface area contributed by atoms with Crippen LogP contribution in [0.1, 0.15) is 0 Å². The lowest BCUT2D eigenvalue weighted by atomic mass is 10.3. The molecule has 9 heteroatoms. The van der Waals surface area contributed by atoms with Crippen molar-refractivity contribution in [1.29, 1.82) is 0 Å². The molecule has 0 saturated heterocycles. The zero-order chi connectivity index (χ0) is 14.7. The van der Waals surface area contributed by atoms with Crippen molar-refractivity contribution in [2.75, 3.05) is 11.9 Å². The van der Waals surface area contributed by atoms with E-state index in [4.69, 9.17) is 0 Å². The Balaban J connectivity index is 2.62. The minimum absolute atomic E-state index is 0.0648. The van der Waals surface area contributed by atoms with E-state index >= 15 is 0 Å². The Hall–Kier alpha value is -2.06. The summed E-state index contributed by atoms with van der Waals surface area (Å²) in [6.45, 7) is -1.86. The molecule has 1 amide bonds. The molecule has 1 N–H and O–H groups in total. The Bertz CT molecular complexity index is 443. The van der Waals surface area contributed by atoms with Crippen LogP contribution in [0.2, 0.25) is 0 Å².